The monoisotopic (exact) mass is 247 g/mol. The fourth-order valence-corrected chi connectivity index (χ4v) is 1.42. The van der Waals surface area contributed by atoms with E-state index in [0.717, 1.165) is 23.6 Å². The van der Waals surface area contributed by atoms with Gasteiger partial charge in [0.1, 0.15) is 0 Å². The summed E-state index contributed by atoms with van der Waals surface area (Å²) in [5.41, 5.74) is 1.97. The van der Waals surface area contributed by atoms with Crippen LogP contribution in [0.2, 0.25) is 0 Å². The number of hydrogen-bond acceptors (Lipinski definition) is 2. The quantitative estimate of drug-likeness (QED) is 0.807. The summed E-state index contributed by atoms with van der Waals surface area (Å²) in [7, 11) is 1.77. The molecular formula is C14H17NO3. The summed E-state index contributed by atoms with van der Waals surface area (Å²) in [5, 5.41) is 8.50. The Balaban J connectivity index is 2.55. The summed E-state index contributed by atoms with van der Waals surface area (Å²) in [6, 6.07) is 7.61. The van der Waals surface area contributed by atoms with E-state index in [9.17, 15) is 9.59 Å². The van der Waals surface area contributed by atoms with Crippen molar-refractivity contribution in [2.45, 2.75) is 13.3 Å². The number of carboxylic acid groups (broad SMARTS) is 1. The first kappa shape index (κ1) is 14.0. The van der Waals surface area contributed by atoms with Gasteiger partial charge in [0.2, 0.25) is 5.91 Å². The van der Waals surface area contributed by atoms with E-state index in [0.29, 0.717) is 6.54 Å². The van der Waals surface area contributed by atoms with Crippen LogP contribution in [-0.2, 0) is 16.0 Å². The Morgan fingerprint density at radius 3 is 2.39 bits per heavy atom. The number of carbonyl (C=O) groups excluding carboxylic acids is 1. The first-order valence-corrected chi connectivity index (χ1v) is 5.70. The third-order valence-electron chi connectivity index (χ3n) is 2.67. The number of carbonyl (C=O) groups is 2. The second-order valence-corrected chi connectivity index (χ2v) is 4.10. The average molecular weight is 247 g/mol. The molecule has 0 aliphatic rings. The minimum atomic E-state index is -0.956. The van der Waals surface area contributed by atoms with Crippen LogP contribution in [0.1, 0.15) is 18.1 Å². The second-order valence-electron chi connectivity index (χ2n) is 4.10. The fraction of sp³-hybridized carbons (Fsp3) is 0.286. The smallest absolute Gasteiger partial charge is 0.328 e. The standard InChI is InChI=1S/C14H17NO3/c1-11(16)15(2)10-9-13-5-3-12(4-6-13)7-8-14(17)18/h3-8H,9-10H2,1-2H3,(H,17,18)/b8-7+. The van der Waals surface area contributed by atoms with Gasteiger partial charge in [0.15, 0.2) is 0 Å². The predicted octanol–water partition coefficient (Wildman–Crippen LogP) is 1.81. The van der Waals surface area contributed by atoms with Crippen molar-refractivity contribution in [1.82, 2.24) is 4.90 Å². The van der Waals surface area contributed by atoms with Crippen molar-refractivity contribution in [3.8, 4) is 0 Å². The van der Waals surface area contributed by atoms with Gasteiger partial charge in [-0.25, -0.2) is 4.79 Å². The summed E-state index contributed by atoms with van der Waals surface area (Å²) in [6.07, 6.45) is 3.45. The van der Waals surface area contributed by atoms with Crippen LogP contribution in [0.25, 0.3) is 6.08 Å². The zero-order chi connectivity index (χ0) is 13.5. The lowest BCUT2D eigenvalue weighted by Gasteiger charge is -2.14. The molecule has 0 aliphatic heterocycles. The van der Waals surface area contributed by atoms with Crippen molar-refractivity contribution in [3.05, 3.63) is 41.5 Å². The van der Waals surface area contributed by atoms with Crippen molar-refractivity contribution in [3.63, 3.8) is 0 Å². The molecule has 1 rings (SSSR count). The molecule has 0 heterocycles. The van der Waals surface area contributed by atoms with Crippen LogP contribution in [0.3, 0.4) is 0 Å². The molecule has 4 heteroatoms. The Morgan fingerprint density at radius 1 is 1.28 bits per heavy atom. The highest BCUT2D eigenvalue weighted by Gasteiger charge is 2.01. The Kier molecular flexibility index (Phi) is 5.11. The molecule has 1 aromatic rings. The van der Waals surface area contributed by atoms with Crippen molar-refractivity contribution < 1.29 is 14.7 Å². The molecule has 0 spiro atoms. The minimum Gasteiger partial charge on any atom is -0.478 e. The van der Waals surface area contributed by atoms with E-state index in [1.165, 1.54) is 0 Å². The highest BCUT2D eigenvalue weighted by atomic mass is 16.4. The third kappa shape index (κ3) is 4.82. The van der Waals surface area contributed by atoms with Gasteiger partial charge in [-0.3, -0.25) is 4.79 Å². The molecule has 0 aliphatic carbocycles. The number of amides is 1. The van der Waals surface area contributed by atoms with E-state index in [2.05, 4.69) is 0 Å². The summed E-state index contributed by atoms with van der Waals surface area (Å²) in [5.74, 6) is -0.904. The molecule has 4 nitrogen and oxygen atoms in total. The van der Waals surface area contributed by atoms with E-state index in [1.54, 1.807) is 24.9 Å². The van der Waals surface area contributed by atoms with Gasteiger partial charge in [-0.05, 0) is 23.6 Å². The summed E-state index contributed by atoms with van der Waals surface area (Å²) in [6.45, 7) is 2.22. The van der Waals surface area contributed by atoms with E-state index in [-0.39, 0.29) is 5.91 Å². The molecule has 0 atom stereocenters. The number of likely N-dealkylation sites (N-methyl/N-ethyl adjacent to an activating group) is 1. The van der Waals surface area contributed by atoms with Crippen molar-refractivity contribution >= 4 is 18.0 Å². The number of hydrogen-bond donors (Lipinski definition) is 1. The molecule has 0 radical (unpaired) electrons. The van der Waals surface area contributed by atoms with E-state index in [4.69, 9.17) is 5.11 Å². The molecule has 96 valence electrons. The first-order chi connectivity index (χ1) is 8.49. The molecule has 1 aromatic carbocycles. The maximum absolute atomic E-state index is 11.0. The molecule has 0 unspecified atom stereocenters. The van der Waals surface area contributed by atoms with Gasteiger partial charge in [0.05, 0.1) is 0 Å². The first-order valence-electron chi connectivity index (χ1n) is 5.70. The summed E-state index contributed by atoms with van der Waals surface area (Å²) in [4.78, 5) is 23.1. The van der Waals surface area contributed by atoms with E-state index < -0.39 is 5.97 Å². The van der Waals surface area contributed by atoms with Gasteiger partial charge in [0, 0.05) is 26.6 Å². The Bertz CT molecular complexity index is 449. The number of nitrogens with zero attached hydrogens (tertiary/aromatic N) is 1. The van der Waals surface area contributed by atoms with E-state index in [1.807, 2.05) is 24.3 Å². The van der Waals surface area contributed by atoms with Crippen molar-refractivity contribution in [2.75, 3.05) is 13.6 Å². The predicted molar refractivity (Wildman–Crippen MR) is 70.1 cm³/mol. The van der Waals surface area contributed by atoms with Crippen LogP contribution in [-0.4, -0.2) is 35.5 Å². The zero-order valence-corrected chi connectivity index (χ0v) is 10.6. The number of benzene rings is 1. The lowest BCUT2D eigenvalue weighted by Crippen LogP contribution is -2.26. The van der Waals surface area contributed by atoms with Crippen molar-refractivity contribution in [1.29, 1.82) is 0 Å². The summed E-state index contributed by atoms with van der Waals surface area (Å²) >= 11 is 0. The molecular weight excluding hydrogens is 230 g/mol. The van der Waals surface area contributed by atoms with Gasteiger partial charge < -0.3 is 10.0 Å². The average Bonchev–Trinajstić information content (AvgIpc) is 2.34. The maximum Gasteiger partial charge on any atom is 0.328 e. The zero-order valence-electron chi connectivity index (χ0n) is 10.6. The lowest BCUT2D eigenvalue weighted by atomic mass is 10.1. The Labute approximate surface area is 107 Å². The molecule has 0 aromatic heterocycles. The SMILES string of the molecule is CC(=O)N(C)CCc1ccc(/C=C/C(=O)O)cc1. The van der Waals surface area contributed by atoms with Gasteiger partial charge in [-0.1, -0.05) is 24.3 Å². The molecule has 0 saturated carbocycles. The largest absolute Gasteiger partial charge is 0.478 e. The number of carboxylic acids is 1. The van der Waals surface area contributed by atoms with E-state index >= 15 is 0 Å². The topological polar surface area (TPSA) is 57.6 Å². The fourth-order valence-electron chi connectivity index (χ4n) is 1.42. The van der Waals surface area contributed by atoms with Gasteiger partial charge in [0.25, 0.3) is 0 Å². The molecule has 1 amide bonds. The van der Waals surface area contributed by atoms with Gasteiger partial charge in [-0.15, -0.1) is 0 Å². The number of aliphatic carboxylic acids is 1. The van der Waals surface area contributed by atoms with Crippen molar-refractivity contribution in [2.24, 2.45) is 0 Å². The van der Waals surface area contributed by atoms with Crippen LogP contribution >= 0.6 is 0 Å². The molecule has 18 heavy (non-hydrogen) atoms. The van der Waals surface area contributed by atoms with Crippen LogP contribution in [0, 0.1) is 0 Å². The maximum atomic E-state index is 11.0. The summed E-state index contributed by atoms with van der Waals surface area (Å²) < 4.78 is 0. The van der Waals surface area contributed by atoms with Crippen LogP contribution in [0.5, 0.6) is 0 Å². The van der Waals surface area contributed by atoms with Crippen LogP contribution < -0.4 is 0 Å². The molecule has 0 bridgehead atoms. The molecule has 0 fully saturated rings. The Morgan fingerprint density at radius 2 is 1.89 bits per heavy atom. The minimum absolute atomic E-state index is 0.0519. The normalized spacial score (nSPS) is 10.6. The van der Waals surface area contributed by atoms with Gasteiger partial charge >= 0.3 is 5.97 Å². The van der Waals surface area contributed by atoms with Crippen LogP contribution in [0.4, 0.5) is 0 Å². The van der Waals surface area contributed by atoms with Gasteiger partial charge in [-0.2, -0.15) is 0 Å². The number of rotatable bonds is 5. The highest BCUT2D eigenvalue weighted by molar-refractivity contribution is 5.85. The van der Waals surface area contributed by atoms with Crippen LogP contribution in [0.15, 0.2) is 30.3 Å². The lowest BCUT2D eigenvalue weighted by molar-refractivity contribution is -0.131. The highest BCUT2D eigenvalue weighted by Crippen LogP contribution is 2.07. The third-order valence-corrected chi connectivity index (χ3v) is 2.67. The Hall–Kier alpha value is -2.10. The molecule has 1 N–H and O–H groups in total. The second kappa shape index (κ2) is 6.59. The molecule has 0 saturated heterocycles.